The number of carbonyl (C=O) groups excluding carboxylic acids is 1. The summed E-state index contributed by atoms with van der Waals surface area (Å²) in [7, 11) is 0. The van der Waals surface area contributed by atoms with Crippen molar-refractivity contribution in [1.82, 2.24) is 10.3 Å². The minimum atomic E-state index is -0.589. The molecule has 168 valence electrons. The van der Waals surface area contributed by atoms with Gasteiger partial charge in [0.1, 0.15) is 5.01 Å². The molecule has 2 aliphatic carbocycles. The Kier molecular flexibility index (Phi) is 6.01. The normalized spacial score (nSPS) is 32.4. The smallest absolute Gasteiger partial charge is 0.220 e. The molecule has 1 saturated carbocycles. The topological polar surface area (TPSA) is 82.5 Å². The van der Waals surface area contributed by atoms with Gasteiger partial charge in [0, 0.05) is 34.2 Å². The number of nitrogens with one attached hydrogen (secondary N) is 1. The monoisotopic (exact) mass is 442 g/mol. The Balaban J connectivity index is 1.80. The summed E-state index contributed by atoms with van der Waals surface area (Å²) < 4.78 is 0. The number of aliphatic hydroxyl groups excluding tert-OH is 2. The minimum absolute atomic E-state index is 0.0351. The van der Waals surface area contributed by atoms with Crippen LogP contribution in [-0.2, 0) is 11.2 Å². The third-order valence-corrected chi connectivity index (χ3v) is 8.90. The third-order valence-electron chi connectivity index (χ3n) is 7.75. The number of benzene rings is 1. The molecule has 1 aromatic heterocycles. The van der Waals surface area contributed by atoms with Crippen LogP contribution in [0, 0.1) is 16.7 Å². The molecule has 5 unspecified atom stereocenters. The van der Waals surface area contributed by atoms with E-state index < -0.39 is 11.5 Å². The Bertz CT molecular complexity index is 943. The summed E-state index contributed by atoms with van der Waals surface area (Å²) in [4.78, 5) is 19.2. The average Bonchev–Trinajstić information content (AvgIpc) is 3.16. The van der Waals surface area contributed by atoms with Gasteiger partial charge >= 0.3 is 0 Å². The molecule has 2 aliphatic rings. The molecule has 5 atom stereocenters. The first-order valence-corrected chi connectivity index (χ1v) is 12.1. The molecule has 0 saturated heterocycles. The van der Waals surface area contributed by atoms with Crippen molar-refractivity contribution in [2.75, 3.05) is 6.61 Å². The maximum Gasteiger partial charge on any atom is 0.220 e. The number of hydrogen-bond acceptors (Lipinski definition) is 5. The molecule has 0 spiro atoms. The highest BCUT2D eigenvalue weighted by Gasteiger charge is 2.59. The van der Waals surface area contributed by atoms with Crippen molar-refractivity contribution >= 4 is 17.2 Å². The Morgan fingerprint density at radius 2 is 2.00 bits per heavy atom. The Labute approximate surface area is 188 Å². The molecule has 1 heterocycles. The van der Waals surface area contributed by atoms with Crippen molar-refractivity contribution in [1.29, 1.82) is 0 Å². The third kappa shape index (κ3) is 3.83. The average molecular weight is 443 g/mol. The van der Waals surface area contributed by atoms with Gasteiger partial charge in [0.15, 0.2) is 0 Å². The van der Waals surface area contributed by atoms with Crippen molar-refractivity contribution in [3.8, 4) is 10.6 Å². The number of fused-ring (bicyclic) bond motifs is 2. The van der Waals surface area contributed by atoms with E-state index in [2.05, 4.69) is 24.4 Å². The van der Waals surface area contributed by atoms with Crippen molar-refractivity contribution < 1.29 is 15.0 Å². The van der Waals surface area contributed by atoms with Crippen LogP contribution in [0.3, 0.4) is 0 Å². The minimum Gasteiger partial charge on any atom is -0.396 e. The predicted molar refractivity (Wildman–Crippen MR) is 124 cm³/mol. The van der Waals surface area contributed by atoms with E-state index in [4.69, 9.17) is 4.98 Å². The number of nitrogens with zero attached hydrogens (tertiary/aromatic N) is 1. The van der Waals surface area contributed by atoms with E-state index in [0.29, 0.717) is 12.8 Å². The lowest BCUT2D eigenvalue weighted by Crippen LogP contribution is -2.57. The van der Waals surface area contributed by atoms with E-state index in [0.717, 1.165) is 29.1 Å². The maximum absolute atomic E-state index is 12.9. The summed E-state index contributed by atoms with van der Waals surface area (Å²) in [5, 5.41) is 25.2. The number of aliphatic hydroxyl groups is 2. The van der Waals surface area contributed by atoms with Gasteiger partial charge in [-0.2, -0.15) is 0 Å². The molecule has 1 aromatic carbocycles. The molecule has 0 radical (unpaired) electrons. The Morgan fingerprint density at radius 1 is 1.29 bits per heavy atom. The second-order valence-corrected chi connectivity index (χ2v) is 11.2. The largest absolute Gasteiger partial charge is 0.396 e. The van der Waals surface area contributed by atoms with Gasteiger partial charge in [0.05, 0.1) is 18.4 Å². The molecule has 3 N–H and O–H groups in total. The number of rotatable bonds is 5. The molecule has 31 heavy (non-hydrogen) atoms. The van der Waals surface area contributed by atoms with Crippen LogP contribution in [0.4, 0.5) is 0 Å². The van der Waals surface area contributed by atoms with Crippen molar-refractivity contribution in [3.63, 3.8) is 0 Å². The zero-order valence-corrected chi connectivity index (χ0v) is 19.7. The van der Waals surface area contributed by atoms with Crippen LogP contribution in [-0.4, -0.2) is 39.9 Å². The number of amides is 1. The van der Waals surface area contributed by atoms with Crippen LogP contribution >= 0.6 is 11.3 Å². The van der Waals surface area contributed by atoms with Crippen molar-refractivity contribution in [2.24, 2.45) is 16.7 Å². The molecular weight excluding hydrogens is 408 g/mol. The lowest BCUT2D eigenvalue weighted by Gasteiger charge is -2.58. The molecule has 1 amide bonds. The van der Waals surface area contributed by atoms with Gasteiger partial charge in [-0.05, 0) is 44.4 Å². The fourth-order valence-electron chi connectivity index (χ4n) is 5.92. The zero-order valence-electron chi connectivity index (χ0n) is 18.9. The van der Waals surface area contributed by atoms with Crippen molar-refractivity contribution in [3.05, 3.63) is 40.9 Å². The summed E-state index contributed by atoms with van der Waals surface area (Å²) in [5.41, 5.74) is 1.33. The Morgan fingerprint density at radius 3 is 2.65 bits per heavy atom. The summed E-state index contributed by atoms with van der Waals surface area (Å²) in [5.74, 6) is 0.0909. The summed E-state index contributed by atoms with van der Waals surface area (Å²) in [6, 6.07) is 10.3. The van der Waals surface area contributed by atoms with E-state index in [1.807, 2.05) is 39.0 Å². The highest BCUT2D eigenvalue weighted by atomic mass is 32.1. The highest BCUT2D eigenvalue weighted by molar-refractivity contribution is 7.15. The molecular formula is C25H34N2O3S. The van der Waals surface area contributed by atoms with E-state index in [1.54, 1.807) is 11.3 Å². The molecule has 5 nitrogen and oxygen atoms in total. The Hall–Kier alpha value is -1.76. The zero-order chi connectivity index (χ0) is 22.4. The first-order valence-electron chi connectivity index (χ1n) is 11.3. The molecule has 4 rings (SSSR count). The van der Waals surface area contributed by atoms with Gasteiger partial charge in [0.2, 0.25) is 5.91 Å². The van der Waals surface area contributed by atoms with Gasteiger partial charge in [-0.15, -0.1) is 11.3 Å². The van der Waals surface area contributed by atoms with Gasteiger partial charge in [-0.25, -0.2) is 4.98 Å². The van der Waals surface area contributed by atoms with Crippen LogP contribution in [0.1, 0.15) is 63.4 Å². The first kappa shape index (κ1) is 22.4. The number of carbonyl (C=O) groups is 1. The highest BCUT2D eigenvalue weighted by Crippen LogP contribution is 2.62. The summed E-state index contributed by atoms with van der Waals surface area (Å²) in [6.45, 7) is 8.15. The van der Waals surface area contributed by atoms with E-state index in [9.17, 15) is 15.0 Å². The fraction of sp³-hybridized carbons (Fsp3) is 0.600. The van der Waals surface area contributed by atoms with Crippen LogP contribution in [0.2, 0.25) is 0 Å². The number of thiazole rings is 1. The fourth-order valence-corrected chi connectivity index (χ4v) is 7.09. The van der Waals surface area contributed by atoms with Gasteiger partial charge < -0.3 is 15.5 Å². The summed E-state index contributed by atoms with van der Waals surface area (Å²) in [6.07, 6.45) is 2.09. The molecule has 6 heteroatoms. The second kappa shape index (κ2) is 8.30. The second-order valence-electron chi connectivity index (χ2n) is 10.2. The predicted octanol–water partition coefficient (Wildman–Crippen LogP) is 4.14. The standard InChI is InChI=1S/C25H34N2O3S/c1-15(2)26-21(30)12-17-22-18(31-23(27-22)16-8-6-5-7-9-16)13-19-24(17,3)11-10-20(29)25(19,4)14-28/h5-9,15,17,19-20,28-29H,10-14H2,1-4H3,(H,26,30). The van der Waals surface area contributed by atoms with Crippen LogP contribution in [0.15, 0.2) is 30.3 Å². The quantitative estimate of drug-likeness (QED) is 0.650. The lowest BCUT2D eigenvalue weighted by molar-refractivity contribution is -0.144. The molecule has 0 aliphatic heterocycles. The molecule has 1 fully saturated rings. The van der Waals surface area contributed by atoms with Gasteiger partial charge in [-0.1, -0.05) is 44.2 Å². The number of aromatic nitrogens is 1. The van der Waals surface area contributed by atoms with E-state index in [1.165, 1.54) is 4.88 Å². The van der Waals surface area contributed by atoms with Crippen LogP contribution in [0.5, 0.6) is 0 Å². The molecule has 0 bridgehead atoms. The van der Waals surface area contributed by atoms with Gasteiger partial charge in [-0.3, -0.25) is 4.79 Å². The van der Waals surface area contributed by atoms with Crippen LogP contribution in [0.25, 0.3) is 10.6 Å². The van der Waals surface area contributed by atoms with Gasteiger partial charge in [0.25, 0.3) is 0 Å². The molecule has 2 aromatic rings. The van der Waals surface area contributed by atoms with Crippen LogP contribution < -0.4 is 5.32 Å². The summed E-state index contributed by atoms with van der Waals surface area (Å²) >= 11 is 1.69. The SMILES string of the molecule is CC(C)NC(=O)CC1c2nc(-c3ccccc3)sc2CC2C(C)(CO)C(O)CCC12C. The number of hydrogen-bond donors (Lipinski definition) is 3. The lowest BCUT2D eigenvalue weighted by atomic mass is 9.47. The first-order chi connectivity index (χ1) is 14.7. The maximum atomic E-state index is 12.9. The van der Waals surface area contributed by atoms with E-state index in [-0.39, 0.29) is 35.8 Å². The van der Waals surface area contributed by atoms with E-state index >= 15 is 0 Å². The van der Waals surface area contributed by atoms with Crippen molar-refractivity contribution in [2.45, 2.75) is 71.4 Å².